The monoisotopic (exact) mass is 424 g/mol. The molecule has 8 heteroatoms. The Balaban J connectivity index is 1.76. The first kappa shape index (κ1) is 21.6. The maximum atomic E-state index is 12.5. The fraction of sp³-hybridized carbons (Fsp3) is 0.227. The van der Waals surface area contributed by atoms with E-state index in [1.807, 2.05) is 19.1 Å². The van der Waals surface area contributed by atoms with Crippen LogP contribution in [0.4, 0.5) is 0 Å². The van der Waals surface area contributed by atoms with Crippen LogP contribution in [0.25, 0.3) is 5.57 Å². The molecule has 0 aliphatic heterocycles. The lowest BCUT2D eigenvalue weighted by Gasteiger charge is -2.16. The molecule has 1 aliphatic rings. The lowest BCUT2D eigenvalue weighted by molar-refractivity contribution is 0.0810. The Morgan fingerprint density at radius 3 is 2.47 bits per heavy atom. The molecule has 0 radical (unpaired) electrons. The zero-order valence-electron chi connectivity index (χ0n) is 16.9. The van der Waals surface area contributed by atoms with Gasteiger partial charge in [0.05, 0.1) is 21.4 Å². The van der Waals surface area contributed by atoms with Crippen molar-refractivity contribution in [3.63, 3.8) is 0 Å². The van der Waals surface area contributed by atoms with Crippen LogP contribution in [0.15, 0.2) is 72.1 Å². The number of carbonyl (C=O) groups is 1. The molecule has 0 saturated heterocycles. The number of hydrogen-bond acceptors (Lipinski definition) is 6. The normalized spacial score (nSPS) is 14.7. The van der Waals surface area contributed by atoms with Crippen LogP contribution in [0, 0.1) is 6.92 Å². The minimum Gasteiger partial charge on any atom is -0.267 e. The first-order valence-electron chi connectivity index (χ1n) is 9.49. The Morgan fingerprint density at radius 1 is 1.20 bits per heavy atom. The van der Waals surface area contributed by atoms with Gasteiger partial charge >= 0.3 is 0 Å². The van der Waals surface area contributed by atoms with E-state index in [0.29, 0.717) is 10.7 Å². The second-order valence-electron chi connectivity index (χ2n) is 7.03. The third kappa shape index (κ3) is 4.72. The second-order valence-corrected chi connectivity index (χ2v) is 9.26. The zero-order chi connectivity index (χ0) is 21.9. The van der Waals surface area contributed by atoms with Gasteiger partial charge < -0.3 is 0 Å². The van der Waals surface area contributed by atoms with Crippen molar-refractivity contribution in [1.29, 1.82) is 0 Å². The summed E-state index contributed by atoms with van der Waals surface area (Å²) < 4.78 is 25.0. The molecule has 1 aromatic carbocycles. The van der Waals surface area contributed by atoms with Crippen molar-refractivity contribution in [3.05, 3.63) is 84.1 Å². The van der Waals surface area contributed by atoms with Crippen LogP contribution in [0.5, 0.6) is 0 Å². The summed E-state index contributed by atoms with van der Waals surface area (Å²) in [4.78, 5) is 20.8. The minimum atomic E-state index is -3.27. The van der Waals surface area contributed by atoms with Crippen molar-refractivity contribution in [3.8, 4) is 0 Å². The Labute approximate surface area is 176 Å². The molecule has 0 bridgehead atoms. The summed E-state index contributed by atoms with van der Waals surface area (Å²) in [7, 11) is -3.27. The summed E-state index contributed by atoms with van der Waals surface area (Å²) >= 11 is 0. The van der Waals surface area contributed by atoms with E-state index >= 15 is 0 Å². The second kappa shape index (κ2) is 8.73. The molecule has 0 unspecified atom stereocenters. The van der Waals surface area contributed by atoms with Crippen LogP contribution in [0.3, 0.4) is 0 Å². The van der Waals surface area contributed by atoms with Gasteiger partial charge in [0.25, 0.3) is 5.91 Å². The molecule has 156 valence electrons. The number of benzene rings is 1. The van der Waals surface area contributed by atoms with E-state index in [1.54, 1.807) is 37.3 Å². The zero-order valence-corrected chi connectivity index (χ0v) is 17.8. The molecular weight excluding hydrogens is 400 g/mol. The summed E-state index contributed by atoms with van der Waals surface area (Å²) in [6, 6.07) is 6.86. The summed E-state index contributed by atoms with van der Waals surface area (Å²) in [6.07, 6.45) is 9.44. The third-order valence-corrected chi connectivity index (χ3v) is 7.04. The van der Waals surface area contributed by atoms with E-state index < -0.39 is 15.7 Å². The van der Waals surface area contributed by atoms with Crippen molar-refractivity contribution in [2.45, 2.75) is 36.8 Å². The topological polar surface area (TPSA) is 106 Å². The van der Waals surface area contributed by atoms with Gasteiger partial charge in [-0.25, -0.2) is 29.2 Å². The summed E-state index contributed by atoms with van der Waals surface area (Å²) in [5, 5.41) is 0.658. The molecule has 3 rings (SSSR count). The van der Waals surface area contributed by atoms with Gasteiger partial charge in [-0.1, -0.05) is 30.9 Å². The van der Waals surface area contributed by atoms with Gasteiger partial charge in [-0.2, -0.15) is 0 Å². The standard InChI is InChI=1S/C22H24N4O3S/c1-4-17(18-6-5-7-21(12-18)30(28,29)20-10-11-20)9-8-15(2)26(23)22(27)19-13-24-16(3)25-14-19/h4-9,12-14,20H,2,10-11,23H2,1,3H3/b9-8-,17-4+. The SMILES string of the molecule is C=C(/C=C\C(=C/C)c1cccc(S(=O)(=O)C2CC2)c1)N(N)C(=O)c1cnc(C)nc1. The smallest absolute Gasteiger partial charge is 0.267 e. The number of aryl methyl sites for hydroxylation is 1. The third-order valence-electron chi connectivity index (χ3n) is 4.78. The predicted molar refractivity (Wildman–Crippen MR) is 116 cm³/mol. The molecule has 30 heavy (non-hydrogen) atoms. The first-order chi connectivity index (χ1) is 14.2. The highest BCUT2D eigenvalue weighted by Crippen LogP contribution is 2.34. The molecule has 0 spiro atoms. The number of hydrogen-bond donors (Lipinski definition) is 1. The van der Waals surface area contributed by atoms with E-state index in [-0.39, 0.29) is 16.5 Å². The number of rotatable bonds is 7. The van der Waals surface area contributed by atoms with Crippen LogP contribution in [0.2, 0.25) is 0 Å². The predicted octanol–water partition coefficient (Wildman–Crippen LogP) is 3.21. The summed E-state index contributed by atoms with van der Waals surface area (Å²) in [6.45, 7) is 7.40. The van der Waals surface area contributed by atoms with Gasteiger partial charge in [0.1, 0.15) is 5.82 Å². The van der Waals surface area contributed by atoms with Crippen molar-refractivity contribution in [1.82, 2.24) is 15.0 Å². The summed E-state index contributed by atoms with van der Waals surface area (Å²) in [5.74, 6) is 5.97. The van der Waals surface area contributed by atoms with E-state index in [9.17, 15) is 13.2 Å². The molecule has 7 nitrogen and oxygen atoms in total. The number of nitrogens with two attached hydrogens (primary N) is 1. The maximum Gasteiger partial charge on any atom is 0.275 e. The van der Waals surface area contributed by atoms with Crippen molar-refractivity contribution in [2.24, 2.45) is 5.84 Å². The van der Waals surface area contributed by atoms with Crippen molar-refractivity contribution < 1.29 is 13.2 Å². The molecule has 0 atom stereocenters. The molecule has 1 saturated carbocycles. The van der Waals surface area contributed by atoms with Crippen LogP contribution in [-0.2, 0) is 9.84 Å². The molecule has 1 aliphatic carbocycles. The fourth-order valence-electron chi connectivity index (χ4n) is 2.82. The van der Waals surface area contributed by atoms with Gasteiger partial charge in [-0.3, -0.25) is 4.79 Å². The number of hydrazine groups is 1. The lowest BCUT2D eigenvalue weighted by atomic mass is 10.1. The highest BCUT2D eigenvalue weighted by Gasteiger charge is 2.36. The van der Waals surface area contributed by atoms with Gasteiger partial charge in [-0.05, 0) is 56.0 Å². The van der Waals surface area contributed by atoms with Crippen molar-refractivity contribution in [2.75, 3.05) is 0 Å². The Morgan fingerprint density at radius 2 is 1.87 bits per heavy atom. The van der Waals surface area contributed by atoms with Crippen molar-refractivity contribution >= 4 is 21.3 Å². The number of nitrogens with zero attached hydrogens (tertiary/aromatic N) is 3. The van der Waals surface area contributed by atoms with E-state index in [0.717, 1.165) is 29.0 Å². The Hall–Kier alpha value is -3.10. The quantitative estimate of drug-likeness (QED) is 0.317. The number of allylic oxidation sites excluding steroid dienone is 4. The first-order valence-corrected chi connectivity index (χ1v) is 11.0. The van der Waals surface area contributed by atoms with Crippen LogP contribution >= 0.6 is 0 Å². The highest BCUT2D eigenvalue weighted by atomic mass is 32.2. The maximum absolute atomic E-state index is 12.5. The Bertz CT molecular complexity index is 1130. The van der Waals surface area contributed by atoms with Crippen LogP contribution in [-0.4, -0.2) is 34.6 Å². The highest BCUT2D eigenvalue weighted by molar-refractivity contribution is 7.92. The van der Waals surface area contributed by atoms with Gasteiger partial charge in [0.15, 0.2) is 9.84 Å². The number of sulfone groups is 1. The van der Waals surface area contributed by atoms with Crippen LogP contribution in [0.1, 0.15) is 41.5 Å². The molecular formula is C22H24N4O3S. The number of amides is 1. The summed E-state index contributed by atoms with van der Waals surface area (Å²) in [5.41, 5.74) is 2.05. The number of carbonyl (C=O) groups excluding carboxylic acids is 1. The lowest BCUT2D eigenvalue weighted by Crippen LogP contribution is -2.35. The van der Waals surface area contributed by atoms with Crippen LogP contribution < -0.4 is 5.84 Å². The van der Waals surface area contributed by atoms with E-state index in [4.69, 9.17) is 5.84 Å². The minimum absolute atomic E-state index is 0.252. The average molecular weight is 425 g/mol. The molecule has 1 aromatic heterocycles. The largest absolute Gasteiger partial charge is 0.275 e. The van der Waals surface area contributed by atoms with E-state index in [1.165, 1.54) is 12.4 Å². The molecule has 2 N–H and O–H groups in total. The van der Waals surface area contributed by atoms with Gasteiger partial charge in [0.2, 0.25) is 0 Å². The molecule has 1 heterocycles. The Kier molecular flexibility index (Phi) is 6.28. The van der Waals surface area contributed by atoms with Gasteiger partial charge in [0, 0.05) is 12.4 Å². The molecule has 2 aromatic rings. The molecule has 1 fully saturated rings. The van der Waals surface area contributed by atoms with E-state index in [2.05, 4.69) is 16.5 Å². The average Bonchev–Trinajstić information content (AvgIpc) is 3.60. The fourth-order valence-corrected chi connectivity index (χ4v) is 4.52. The number of aromatic nitrogens is 2. The molecule has 1 amide bonds. The van der Waals surface area contributed by atoms with Gasteiger partial charge in [-0.15, -0.1) is 0 Å².